The summed E-state index contributed by atoms with van der Waals surface area (Å²) in [5, 5.41) is 16.6. The van der Waals surface area contributed by atoms with E-state index in [0.717, 1.165) is 16.9 Å². The molecule has 2 heterocycles. The van der Waals surface area contributed by atoms with Crippen molar-refractivity contribution in [3.05, 3.63) is 35.3 Å². The summed E-state index contributed by atoms with van der Waals surface area (Å²) >= 11 is 0. The normalized spacial score (nSPS) is 10.5. The van der Waals surface area contributed by atoms with Crippen molar-refractivity contribution < 1.29 is 0 Å². The molecule has 98 valence electrons. The number of hydrogen-bond donors (Lipinski definition) is 1. The van der Waals surface area contributed by atoms with E-state index in [4.69, 9.17) is 0 Å². The average Bonchev–Trinajstić information content (AvgIpc) is 2.77. The molecule has 0 aliphatic rings. The van der Waals surface area contributed by atoms with Gasteiger partial charge in [-0.05, 0) is 39.3 Å². The van der Waals surface area contributed by atoms with Crippen molar-refractivity contribution in [3.63, 3.8) is 0 Å². The van der Waals surface area contributed by atoms with Crippen LogP contribution < -0.4 is 5.32 Å². The van der Waals surface area contributed by atoms with Gasteiger partial charge in [0.05, 0.1) is 17.4 Å². The van der Waals surface area contributed by atoms with Gasteiger partial charge in [0.15, 0.2) is 0 Å². The van der Waals surface area contributed by atoms with E-state index in [9.17, 15) is 5.26 Å². The molecule has 5 heteroatoms. The first-order valence-corrected chi connectivity index (χ1v) is 6.20. The largest absolute Gasteiger partial charge is 0.337 e. The lowest BCUT2D eigenvalue weighted by Gasteiger charge is -2.08. The van der Waals surface area contributed by atoms with E-state index >= 15 is 0 Å². The molecule has 0 aliphatic heterocycles. The third-order valence-corrected chi connectivity index (χ3v) is 2.85. The lowest BCUT2D eigenvalue weighted by atomic mass is 10.1. The summed E-state index contributed by atoms with van der Waals surface area (Å²) in [5.74, 6) is 0.586. The number of nitrogens with zero attached hydrogens (tertiary/aromatic N) is 4. The van der Waals surface area contributed by atoms with Crippen molar-refractivity contribution >= 4 is 11.5 Å². The molecule has 0 saturated heterocycles. The molecular weight excluding hydrogens is 238 g/mol. The minimum atomic E-state index is 0.304. The van der Waals surface area contributed by atoms with Gasteiger partial charge in [-0.1, -0.05) is 0 Å². The summed E-state index contributed by atoms with van der Waals surface area (Å²) in [6.45, 7) is 7.95. The van der Waals surface area contributed by atoms with Crippen LogP contribution in [0.2, 0.25) is 0 Å². The number of hydrogen-bond acceptors (Lipinski definition) is 4. The second-order valence-electron chi connectivity index (χ2n) is 4.84. The van der Waals surface area contributed by atoms with Crippen molar-refractivity contribution in [2.24, 2.45) is 0 Å². The van der Waals surface area contributed by atoms with Gasteiger partial charge in [0, 0.05) is 17.9 Å². The third-order valence-electron chi connectivity index (χ3n) is 2.85. The summed E-state index contributed by atoms with van der Waals surface area (Å²) in [6.07, 6.45) is 3.64. The van der Waals surface area contributed by atoms with Crippen LogP contribution in [0.25, 0.3) is 0 Å². The third kappa shape index (κ3) is 2.74. The summed E-state index contributed by atoms with van der Waals surface area (Å²) in [4.78, 5) is 4.38. The predicted molar refractivity (Wildman–Crippen MR) is 74.3 cm³/mol. The van der Waals surface area contributed by atoms with E-state index in [-0.39, 0.29) is 0 Å². The van der Waals surface area contributed by atoms with Gasteiger partial charge in [0.1, 0.15) is 11.9 Å². The van der Waals surface area contributed by atoms with Crippen LogP contribution in [0.15, 0.2) is 18.5 Å². The summed E-state index contributed by atoms with van der Waals surface area (Å²) in [6, 6.07) is 4.40. The Bertz CT molecular complexity index is 634. The second-order valence-corrected chi connectivity index (χ2v) is 4.84. The Morgan fingerprint density at radius 2 is 2.11 bits per heavy atom. The van der Waals surface area contributed by atoms with Crippen molar-refractivity contribution in [2.45, 2.75) is 33.7 Å². The molecule has 0 atom stereocenters. The molecule has 0 radical (unpaired) electrons. The van der Waals surface area contributed by atoms with Crippen molar-refractivity contribution in [2.75, 3.05) is 5.32 Å². The molecule has 2 aromatic rings. The molecule has 5 nitrogen and oxygen atoms in total. The van der Waals surface area contributed by atoms with Crippen LogP contribution in [0.4, 0.5) is 11.5 Å². The van der Waals surface area contributed by atoms with Crippen LogP contribution in [-0.4, -0.2) is 14.8 Å². The molecule has 1 N–H and O–H groups in total. The zero-order valence-electron chi connectivity index (χ0n) is 11.6. The number of rotatable bonds is 3. The Labute approximate surface area is 112 Å². The molecule has 0 bridgehead atoms. The first-order valence-electron chi connectivity index (χ1n) is 6.20. The topological polar surface area (TPSA) is 66.5 Å². The molecule has 0 aliphatic carbocycles. The monoisotopic (exact) mass is 255 g/mol. The molecule has 19 heavy (non-hydrogen) atoms. The van der Waals surface area contributed by atoms with Gasteiger partial charge >= 0.3 is 0 Å². The predicted octanol–water partition coefficient (Wildman–Crippen LogP) is 3.09. The maximum atomic E-state index is 9.21. The first-order chi connectivity index (χ1) is 9.01. The lowest BCUT2D eigenvalue weighted by molar-refractivity contribution is 0.532. The summed E-state index contributed by atoms with van der Waals surface area (Å²) < 4.78 is 1.86. The highest BCUT2D eigenvalue weighted by Gasteiger charge is 2.10. The Morgan fingerprint density at radius 1 is 1.37 bits per heavy atom. The quantitative estimate of drug-likeness (QED) is 0.915. The standard InChI is InChI=1S/C14H17N5/c1-9(2)19-8-12(7-16-19)18-14-13(6-15)10(3)5-11(4)17-14/h5,7-9H,1-4H3,(H,17,18). The average molecular weight is 255 g/mol. The SMILES string of the molecule is Cc1cc(C)c(C#N)c(Nc2cnn(C(C)C)c2)n1. The zero-order valence-corrected chi connectivity index (χ0v) is 11.6. The van der Waals surface area contributed by atoms with Gasteiger partial charge in [0.2, 0.25) is 0 Å². The number of aromatic nitrogens is 3. The van der Waals surface area contributed by atoms with Crippen molar-refractivity contribution in [1.82, 2.24) is 14.8 Å². The molecule has 0 spiro atoms. The highest BCUT2D eigenvalue weighted by Crippen LogP contribution is 2.22. The molecule has 0 amide bonds. The van der Waals surface area contributed by atoms with Crippen LogP contribution in [0.1, 0.15) is 36.7 Å². The van der Waals surface area contributed by atoms with Gasteiger partial charge in [-0.15, -0.1) is 0 Å². The Morgan fingerprint density at radius 3 is 2.68 bits per heavy atom. The van der Waals surface area contributed by atoms with Crippen LogP contribution in [0.5, 0.6) is 0 Å². The minimum Gasteiger partial charge on any atom is -0.337 e. The summed E-state index contributed by atoms with van der Waals surface area (Å²) in [7, 11) is 0. The fraction of sp³-hybridized carbons (Fsp3) is 0.357. The molecule has 2 aromatic heterocycles. The van der Waals surface area contributed by atoms with Gasteiger partial charge < -0.3 is 5.32 Å². The number of nitrogens with one attached hydrogen (secondary N) is 1. The van der Waals surface area contributed by atoms with Gasteiger partial charge in [-0.3, -0.25) is 4.68 Å². The first kappa shape index (κ1) is 13.1. The van der Waals surface area contributed by atoms with Crippen molar-refractivity contribution in [1.29, 1.82) is 5.26 Å². The highest BCUT2D eigenvalue weighted by molar-refractivity contribution is 5.63. The number of aryl methyl sites for hydroxylation is 2. The highest BCUT2D eigenvalue weighted by atomic mass is 15.3. The molecule has 0 aromatic carbocycles. The van der Waals surface area contributed by atoms with E-state index in [1.165, 1.54) is 0 Å². The minimum absolute atomic E-state index is 0.304. The molecule has 0 saturated carbocycles. The van der Waals surface area contributed by atoms with Crippen LogP contribution in [0, 0.1) is 25.2 Å². The maximum Gasteiger partial charge on any atom is 0.148 e. The lowest BCUT2D eigenvalue weighted by Crippen LogP contribution is -2.01. The molecule has 0 unspecified atom stereocenters. The van der Waals surface area contributed by atoms with Crippen LogP contribution >= 0.6 is 0 Å². The Balaban J connectivity index is 2.35. The number of pyridine rings is 1. The van der Waals surface area contributed by atoms with E-state index in [2.05, 4.69) is 35.3 Å². The smallest absolute Gasteiger partial charge is 0.148 e. The molecule has 2 rings (SSSR count). The van der Waals surface area contributed by atoms with Gasteiger partial charge in [-0.25, -0.2) is 4.98 Å². The molecule has 0 fully saturated rings. The van der Waals surface area contributed by atoms with E-state index in [1.807, 2.05) is 30.8 Å². The zero-order chi connectivity index (χ0) is 14.0. The molecular formula is C14H17N5. The fourth-order valence-corrected chi connectivity index (χ4v) is 1.89. The van der Waals surface area contributed by atoms with Gasteiger partial charge in [-0.2, -0.15) is 10.4 Å². The van der Waals surface area contributed by atoms with Crippen LogP contribution in [0.3, 0.4) is 0 Å². The van der Waals surface area contributed by atoms with Gasteiger partial charge in [0.25, 0.3) is 0 Å². The Kier molecular flexibility index (Phi) is 3.52. The van der Waals surface area contributed by atoms with E-state index in [0.29, 0.717) is 17.4 Å². The Hall–Kier alpha value is -2.35. The number of nitriles is 1. The maximum absolute atomic E-state index is 9.21. The fourth-order valence-electron chi connectivity index (χ4n) is 1.89. The van der Waals surface area contributed by atoms with Crippen LogP contribution in [-0.2, 0) is 0 Å². The van der Waals surface area contributed by atoms with E-state index < -0.39 is 0 Å². The summed E-state index contributed by atoms with van der Waals surface area (Å²) in [5.41, 5.74) is 3.22. The number of anilines is 2. The van der Waals surface area contributed by atoms with E-state index in [1.54, 1.807) is 6.20 Å². The van der Waals surface area contributed by atoms with Crippen molar-refractivity contribution in [3.8, 4) is 6.07 Å². The second kappa shape index (κ2) is 5.11.